The average Bonchev–Trinajstić information content (AvgIpc) is 2.79. The second-order valence-corrected chi connectivity index (χ2v) is 11.1. The number of anilines is 1. The fraction of sp³-hybridized carbons (Fsp3) is 0.724. The van der Waals surface area contributed by atoms with Crippen molar-refractivity contribution in [3.63, 3.8) is 0 Å². The standard InChI is InChI=1S/C29H48N2O/c1-24(2)22-28(31-19-15-25(16-20-31)10-9-21-32-5)23-29(3,4)26-11-13-27(14-12-26)30-17-7-6-8-18-30/h11-14,22,25,28H,6-10,15-21,23H2,1-5H3. The van der Waals surface area contributed by atoms with Crippen molar-refractivity contribution < 1.29 is 4.74 Å². The molecule has 0 aliphatic carbocycles. The lowest BCUT2D eigenvalue weighted by molar-refractivity contribution is 0.124. The summed E-state index contributed by atoms with van der Waals surface area (Å²) < 4.78 is 5.25. The number of ether oxygens (including phenoxy) is 1. The number of likely N-dealkylation sites (tertiary alicyclic amines) is 1. The maximum absolute atomic E-state index is 5.25. The Labute approximate surface area is 198 Å². The van der Waals surface area contributed by atoms with Crippen LogP contribution in [0.1, 0.15) is 84.6 Å². The average molecular weight is 441 g/mol. The maximum Gasteiger partial charge on any atom is 0.0462 e. The molecule has 2 aliphatic rings. The third-order valence-electron chi connectivity index (χ3n) is 7.69. The molecule has 2 fully saturated rings. The van der Waals surface area contributed by atoms with Crippen LogP contribution in [-0.2, 0) is 10.2 Å². The Balaban J connectivity index is 1.62. The Kier molecular flexibility index (Phi) is 9.67. The predicted molar refractivity (Wildman–Crippen MR) is 139 cm³/mol. The van der Waals surface area contributed by atoms with E-state index >= 15 is 0 Å². The molecule has 32 heavy (non-hydrogen) atoms. The summed E-state index contributed by atoms with van der Waals surface area (Å²) in [6.07, 6.45) is 13.0. The maximum atomic E-state index is 5.25. The second-order valence-electron chi connectivity index (χ2n) is 11.1. The van der Waals surface area contributed by atoms with Crippen LogP contribution >= 0.6 is 0 Å². The summed E-state index contributed by atoms with van der Waals surface area (Å²) in [5.41, 5.74) is 4.47. The van der Waals surface area contributed by atoms with Crippen LogP contribution < -0.4 is 4.90 Å². The fourth-order valence-corrected chi connectivity index (χ4v) is 5.68. The summed E-state index contributed by atoms with van der Waals surface area (Å²) in [5, 5.41) is 0. The van der Waals surface area contributed by atoms with Gasteiger partial charge in [-0.15, -0.1) is 0 Å². The number of allylic oxidation sites excluding steroid dienone is 1. The number of hydrogen-bond acceptors (Lipinski definition) is 3. The van der Waals surface area contributed by atoms with Crippen LogP contribution in [-0.4, -0.2) is 50.8 Å². The molecule has 1 aromatic carbocycles. The molecule has 0 radical (unpaired) electrons. The quantitative estimate of drug-likeness (QED) is 0.293. The van der Waals surface area contributed by atoms with Crippen LogP contribution in [0.25, 0.3) is 0 Å². The first kappa shape index (κ1) is 25.3. The smallest absolute Gasteiger partial charge is 0.0462 e. The Hall–Kier alpha value is -1.32. The van der Waals surface area contributed by atoms with Crippen molar-refractivity contribution in [2.45, 2.75) is 90.5 Å². The van der Waals surface area contributed by atoms with Crippen LogP contribution in [0.2, 0.25) is 0 Å². The van der Waals surface area contributed by atoms with E-state index < -0.39 is 0 Å². The fourth-order valence-electron chi connectivity index (χ4n) is 5.68. The van der Waals surface area contributed by atoms with Gasteiger partial charge in [-0.1, -0.05) is 37.6 Å². The van der Waals surface area contributed by atoms with Gasteiger partial charge in [-0.2, -0.15) is 0 Å². The molecule has 3 rings (SSSR count). The van der Waals surface area contributed by atoms with Crippen molar-refractivity contribution in [3.8, 4) is 0 Å². The van der Waals surface area contributed by atoms with Crippen molar-refractivity contribution in [1.29, 1.82) is 0 Å². The molecule has 0 spiro atoms. The Morgan fingerprint density at radius 2 is 1.69 bits per heavy atom. The molecule has 3 nitrogen and oxygen atoms in total. The topological polar surface area (TPSA) is 15.7 Å². The molecule has 2 aliphatic heterocycles. The van der Waals surface area contributed by atoms with Gasteiger partial charge in [0.1, 0.15) is 0 Å². The molecule has 0 bridgehead atoms. The SMILES string of the molecule is COCCCC1CCN(C(C=C(C)C)CC(C)(C)c2ccc(N3CCCCC3)cc2)CC1. The van der Waals surface area contributed by atoms with Gasteiger partial charge in [0, 0.05) is 38.5 Å². The van der Waals surface area contributed by atoms with Crippen LogP contribution in [0.5, 0.6) is 0 Å². The summed E-state index contributed by atoms with van der Waals surface area (Å²) in [7, 11) is 1.82. The minimum absolute atomic E-state index is 0.159. The van der Waals surface area contributed by atoms with Crippen LogP contribution in [0.15, 0.2) is 35.9 Å². The zero-order chi connectivity index (χ0) is 23.0. The lowest BCUT2D eigenvalue weighted by Crippen LogP contribution is -2.43. The monoisotopic (exact) mass is 440 g/mol. The lowest BCUT2D eigenvalue weighted by Gasteiger charge is -2.40. The van der Waals surface area contributed by atoms with Gasteiger partial charge in [-0.05, 0) is 107 Å². The van der Waals surface area contributed by atoms with Gasteiger partial charge in [-0.25, -0.2) is 0 Å². The highest BCUT2D eigenvalue weighted by Crippen LogP contribution is 2.34. The highest BCUT2D eigenvalue weighted by molar-refractivity contribution is 5.49. The van der Waals surface area contributed by atoms with E-state index in [0.717, 1.165) is 12.5 Å². The Bertz CT molecular complexity index is 690. The molecular weight excluding hydrogens is 392 g/mol. The minimum Gasteiger partial charge on any atom is -0.385 e. The number of piperidine rings is 2. The highest BCUT2D eigenvalue weighted by Gasteiger charge is 2.30. The first-order chi connectivity index (χ1) is 15.4. The first-order valence-corrected chi connectivity index (χ1v) is 13.1. The zero-order valence-corrected chi connectivity index (χ0v) is 21.5. The van der Waals surface area contributed by atoms with E-state index in [1.54, 1.807) is 0 Å². The van der Waals surface area contributed by atoms with E-state index in [0.29, 0.717) is 6.04 Å². The van der Waals surface area contributed by atoms with E-state index in [1.165, 1.54) is 94.4 Å². The van der Waals surface area contributed by atoms with Gasteiger partial charge in [0.15, 0.2) is 0 Å². The normalized spacial score (nSPS) is 19.7. The van der Waals surface area contributed by atoms with Gasteiger partial charge < -0.3 is 9.64 Å². The van der Waals surface area contributed by atoms with Crippen molar-refractivity contribution in [2.75, 3.05) is 44.8 Å². The van der Waals surface area contributed by atoms with Crippen molar-refractivity contribution in [1.82, 2.24) is 4.90 Å². The van der Waals surface area contributed by atoms with Crippen molar-refractivity contribution in [2.24, 2.45) is 5.92 Å². The molecule has 1 atom stereocenters. The largest absolute Gasteiger partial charge is 0.385 e. The van der Waals surface area contributed by atoms with Gasteiger partial charge in [-0.3, -0.25) is 4.90 Å². The molecule has 3 heteroatoms. The summed E-state index contributed by atoms with van der Waals surface area (Å²) in [6, 6.07) is 10.0. The molecule has 2 saturated heterocycles. The molecule has 1 unspecified atom stereocenters. The predicted octanol–water partition coefficient (Wildman–Crippen LogP) is 6.82. The summed E-state index contributed by atoms with van der Waals surface area (Å²) >= 11 is 0. The third kappa shape index (κ3) is 7.35. The van der Waals surface area contributed by atoms with Gasteiger partial charge in [0.25, 0.3) is 0 Å². The highest BCUT2D eigenvalue weighted by atomic mass is 16.5. The molecule has 0 N–H and O–H groups in total. The van der Waals surface area contributed by atoms with Crippen LogP contribution in [0.4, 0.5) is 5.69 Å². The number of rotatable bonds is 10. The first-order valence-electron chi connectivity index (χ1n) is 13.1. The Morgan fingerprint density at radius 1 is 1.03 bits per heavy atom. The van der Waals surface area contributed by atoms with Gasteiger partial charge >= 0.3 is 0 Å². The minimum atomic E-state index is 0.159. The van der Waals surface area contributed by atoms with E-state index in [2.05, 4.69) is 67.8 Å². The van der Waals surface area contributed by atoms with E-state index in [4.69, 9.17) is 4.74 Å². The summed E-state index contributed by atoms with van der Waals surface area (Å²) in [5.74, 6) is 0.879. The van der Waals surface area contributed by atoms with Crippen LogP contribution in [0.3, 0.4) is 0 Å². The van der Waals surface area contributed by atoms with Gasteiger partial charge in [0.2, 0.25) is 0 Å². The molecule has 0 aromatic heterocycles. The van der Waals surface area contributed by atoms with E-state index in [-0.39, 0.29) is 5.41 Å². The van der Waals surface area contributed by atoms with Crippen molar-refractivity contribution in [3.05, 3.63) is 41.5 Å². The summed E-state index contributed by atoms with van der Waals surface area (Å²) in [6.45, 7) is 15.2. The Morgan fingerprint density at radius 3 is 2.28 bits per heavy atom. The number of nitrogens with zero attached hydrogens (tertiary/aromatic N) is 2. The van der Waals surface area contributed by atoms with Crippen LogP contribution in [0, 0.1) is 5.92 Å². The molecule has 0 saturated carbocycles. The molecule has 1 aromatic rings. The zero-order valence-electron chi connectivity index (χ0n) is 21.5. The molecule has 0 amide bonds. The molecule has 180 valence electrons. The third-order valence-corrected chi connectivity index (χ3v) is 7.69. The van der Waals surface area contributed by atoms with E-state index in [9.17, 15) is 0 Å². The summed E-state index contributed by atoms with van der Waals surface area (Å²) in [4.78, 5) is 5.31. The molecular formula is C29H48N2O. The van der Waals surface area contributed by atoms with Gasteiger partial charge in [0.05, 0.1) is 0 Å². The van der Waals surface area contributed by atoms with E-state index in [1.807, 2.05) is 7.11 Å². The number of methoxy groups -OCH3 is 1. The number of benzene rings is 1. The second kappa shape index (κ2) is 12.2. The lowest BCUT2D eigenvalue weighted by atomic mass is 9.78. The number of hydrogen-bond donors (Lipinski definition) is 0. The molecule has 2 heterocycles. The van der Waals surface area contributed by atoms with Crippen molar-refractivity contribution >= 4 is 5.69 Å².